The molecule has 0 bridgehead atoms. The van der Waals surface area contributed by atoms with E-state index in [9.17, 15) is 4.79 Å². The molecule has 110 valence electrons. The van der Waals surface area contributed by atoms with E-state index in [-0.39, 0.29) is 23.7 Å². The van der Waals surface area contributed by atoms with Gasteiger partial charge < -0.3 is 16.3 Å². The van der Waals surface area contributed by atoms with Crippen LogP contribution in [0.3, 0.4) is 0 Å². The zero-order valence-corrected chi connectivity index (χ0v) is 12.1. The van der Waals surface area contributed by atoms with E-state index in [1.54, 1.807) is 0 Å². The number of amides is 1. The van der Waals surface area contributed by atoms with Crippen LogP contribution >= 0.6 is 0 Å². The molecule has 1 aliphatic carbocycles. The minimum absolute atomic E-state index is 0.00382. The Morgan fingerprint density at radius 3 is 2.53 bits per heavy atom. The molecule has 1 aliphatic rings. The van der Waals surface area contributed by atoms with Crippen molar-refractivity contribution in [3.05, 3.63) is 0 Å². The van der Waals surface area contributed by atoms with Crippen molar-refractivity contribution in [3.8, 4) is 0 Å². The van der Waals surface area contributed by atoms with Gasteiger partial charge in [-0.1, -0.05) is 51.1 Å². The third-order valence-corrected chi connectivity index (χ3v) is 3.92. The van der Waals surface area contributed by atoms with Gasteiger partial charge in [-0.05, 0) is 18.3 Å². The Morgan fingerprint density at radius 1 is 1.37 bits per heavy atom. The first-order valence-electron chi connectivity index (χ1n) is 7.31. The highest BCUT2D eigenvalue weighted by Gasteiger charge is 2.21. The first-order chi connectivity index (χ1) is 9.04. The molecule has 0 aliphatic heterocycles. The maximum atomic E-state index is 11.9. The van der Waals surface area contributed by atoms with Crippen LogP contribution in [0, 0.1) is 11.8 Å². The van der Waals surface area contributed by atoms with Gasteiger partial charge in [-0.15, -0.1) is 0 Å². The van der Waals surface area contributed by atoms with Crippen LogP contribution in [0.15, 0.2) is 5.16 Å². The highest BCUT2D eigenvalue weighted by Crippen LogP contribution is 2.27. The van der Waals surface area contributed by atoms with Gasteiger partial charge in [0.15, 0.2) is 5.84 Å². The third-order valence-electron chi connectivity index (χ3n) is 3.92. The van der Waals surface area contributed by atoms with Gasteiger partial charge in [0.1, 0.15) is 0 Å². The summed E-state index contributed by atoms with van der Waals surface area (Å²) in [7, 11) is 0. The van der Waals surface area contributed by atoms with Gasteiger partial charge in [-0.25, -0.2) is 0 Å². The number of rotatable bonds is 6. The van der Waals surface area contributed by atoms with E-state index in [1.807, 2.05) is 13.8 Å². The maximum Gasteiger partial charge on any atom is 0.220 e. The summed E-state index contributed by atoms with van der Waals surface area (Å²) in [6.45, 7) is 3.87. The molecule has 1 atom stereocenters. The second-order valence-electron chi connectivity index (χ2n) is 5.86. The molecule has 5 heteroatoms. The standard InChI is InChI=1S/C14H27N3O2/c1-10(2)13(14(15)17-19)16-12(18)9-8-11-6-4-3-5-7-11/h10-11,13,19H,3-9H2,1-2H3,(H2,15,17)(H,16,18). The molecular weight excluding hydrogens is 242 g/mol. The molecule has 0 heterocycles. The Labute approximate surface area is 115 Å². The van der Waals surface area contributed by atoms with Gasteiger partial charge in [0.2, 0.25) is 5.91 Å². The number of carbonyl (C=O) groups excluding carboxylic acids is 1. The van der Waals surface area contributed by atoms with E-state index in [1.165, 1.54) is 32.1 Å². The lowest BCUT2D eigenvalue weighted by Crippen LogP contribution is -2.47. The molecule has 4 N–H and O–H groups in total. The number of nitrogens with two attached hydrogens (primary N) is 1. The zero-order valence-electron chi connectivity index (χ0n) is 12.1. The summed E-state index contributed by atoms with van der Waals surface area (Å²) in [5, 5.41) is 14.6. The van der Waals surface area contributed by atoms with Crippen molar-refractivity contribution in [2.75, 3.05) is 0 Å². The molecular formula is C14H27N3O2. The van der Waals surface area contributed by atoms with Crippen molar-refractivity contribution >= 4 is 11.7 Å². The normalized spacial score (nSPS) is 19.4. The molecule has 1 saturated carbocycles. The van der Waals surface area contributed by atoms with Gasteiger partial charge in [-0.3, -0.25) is 4.79 Å². The van der Waals surface area contributed by atoms with Crippen molar-refractivity contribution in [1.82, 2.24) is 5.32 Å². The smallest absolute Gasteiger partial charge is 0.220 e. The van der Waals surface area contributed by atoms with Gasteiger partial charge in [-0.2, -0.15) is 0 Å². The molecule has 0 aromatic rings. The lowest BCUT2D eigenvalue weighted by atomic mass is 9.86. The van der Waals surface area contributed by atoms with E-state index in [4.69, 9.17) is 10.9 Å². The van der Waals surface area contributed by atoms with E-state index < -0.39 is 0 Å². The third kappa shape index (κ3) is 5.49. The van der Waals surface area contributed by atoms with Gasteiger partial charge in [0, 0.05) is 6.42 Å². The Hall–Kier alpha value is -1.26. The Balaban J connectivity index is 2.35. The molecule has 0 aromatic heterocycles. The largest absolute Gasteiger partial charge is 0.409 e. The van der Waals surface area contributed by atoms with Crippen molar-refractivity contribution in [1.29, 1.82) is 0 Å². The summed E-state index contributed by atoms with van der Waals surface area (Å²) in [6.07, 6.45) is 7.92. The first-order valence-corrected chi connectivity index (χ1v) is 7.31. The van der Waals surface area contributed by atoms with Gasteiger partial charge >= 0.3 is 0 Å². The van der Waals surface area contributed by atoms with Gasteiger partial charge in [0.25, 0.3) is 0 Å². The topological polar surface area (TPSA) is 87.7 Å². The van der Waals surface area contributed by atoms with Crippen LogP contribution in [-0.2, 0) is 4.79 Å². The van der Waals surface area contributed by atoms with Gasteiger partial charge in [0.05, 0.1) is 6.04 Å². The van der Waals surface area contributed by atoms with E-state index in [2.05, 4.69) is 10.5 Å². The second-order valence-corrected chi connectivity index (χ2v) is 5.86. The number of oxime groups is 1. The highest BCUT2D eigenvalue weighted by molar-refractivity contribution is 5.90. The number of nitrogens with zero attached hydrogens (tertiary/aromatic N) is 1. The molecule has 19 heavy (non-hydrogen) atoms. The summed E-state index contributed by atoms with van der Waals surface area (Å²) in [4.78, 5) is 11.9. The molecule has 0 radical (unpaired) electrons. The van der Waals surface area contributed by atoms with E-state index >= 15 is 0 Å². The number of hydrogen-bond acceptors (Lipinski definition) is 3. The summed E-state index contributed by atoms with van der Waals surface area (Å²) in [5.74, 6) is 0.868. The molecule has 1 rings (SSSR count). The van der Waals surface area contributed by atoms with Crippen molar-refractivity contribution in [3.63, 3.8) is 0 Å². The monoisotopic (exact) mass is 269 g/mol. The van der Waals surface area contributed by atoms with Crippen LogP contribution in [0.1, 0.15) is 58.8 Å². The number of nitrogens with one attached hydrogen (secondary N) is 1. The maximum absolute atomic E-state index is 11.9. The lowest BCUT2D eigenvalue weighted by Gasteiger charge is -2.23. The molecule has 5 nitrogen and oxygen atoms in total. The summed E-state index contributed by atoms with van der Waals surface area (Å²) in [6, 6.07) is -0.385. The fraction of sp³-hybridized carbons (Fsp3) is 0.857. The molecule has 1 amide bonds. The fourth-order valence-electron chi connectivity index (χ4n) is 2.70. The summed E-state index contributed by atoms with van der Waals surface area (Å²) < 4.78 is 0. The van der Waals surface area contributed by atoms with E-state index in [0.717, 1.165) is 6.42 Å². The van der Waals surface area contributed by atoms with Crippen LogP contribution in [0.25, 0.3) is 0 Å². The second kappa shape index (κ2) is 8.02. The average molecular weight is 269 g/mol. The van der Waals surface area contributed by atoms with Crippen LogP contribution < -0.4 is 11.1 Å². The predicted octanol–water partition coefficient (Wildman–Crippen LogP) is 2.23. The zero-order chi connectivity index (χ0) is 14.3. The lowest BCUT2D eigenvalue weighted by molar-refractivity contribution is -0.122. The molecule has 0 aromatic carbocycles. The quantitative estimate of drug-likeness (QED) is 0.299. The van der Waals surface area contributed by atoms with E-state index in [0.29, 0.717) is 12.3 Å². The predicted molar refractivity (Wildman–Crippen MR) is 76.0 cm³/mol. The molecule has 0 saturated heterocycles. The number of carbonyl (C=O) groups is 1. The number of hydrogen-bond donors (Lipinski definition) is 3. The first kappa shape index (κ1) is 15.8. The number of amidine groups is 1. The fourth-order valence-corrected chi connectivity index (χ4v) is 2.70. The van der Waals surface area contributed by atoms with Crippen LogP contribution in [0.5, 0.6) is 0 Å². The Kier molecular flexibility index (Phi) is 6.67. The summed E-state index contributed by atoms with van der Waals surface area (Å²) in [5.41, 5.74) is 5.59. The van der Waals surface area contributed by atoms with Crippen LogP contribution in [0.2, 0.25) is 0 Å². The minimum Gasteiger partial charge on any atom is -0.409 e. The van der Waals surface area contributed by atoms with Crippen LogP contribution in [0.4, 0.5) is 0 Å². The summed E-state index contributed by atoms with van der Waals surface area (Å²) >= 11 is 0. The van der Waals surface area contributed by atoms with Crippen LogP contribution in [-0.4, -0.2) is 23.0 Å². The Bertz CT molecular complexity index is 310. The molecule has 1 unspecified atom stereocenters. The average Bonchev–Trinajstić information content (AvgIpc) is 2.42. The van der Waals surface area contributed by atoms with Crippen molar-refractivity contribution in [2.45, 2.75) is 64.8 Å². The minimum atomic E-state index is -0.385. The Morgan fingerprint density at radius 2 is 2.00 bits per heavy atom. The molecule has 1 fully saturated rings. The van der Waals surface area contributed by atoms with Crippen molar-refractivity contribution < 1.29 is 10.0 Å². The SMILES string of the molecule is CC(C)C(NC(=O)CCC1CCCCC1)C(N)=NO. The molecule has 0 spiro atoms. The highest BCUT2D eigenvalue weighted by atomic mass is 16.4. The van der Waals surface area contributed by atoms with Crippen molar-refractivity contribution in [2.24, 2.45) is 22.7 Å².